The molecule has 0 aliphatic carbocycles. The normalized spacial score (nSPS) is 17.0. The Kier molecular flexibility index (Phi) is 7.98. The average molecular weight is 605 g/mol. The second-order valence-corrected chi connectivity index (χ2v) is 10.2. The standard InChI is InChI=1S/C30H27F3N8O3/c1-2-40-14-11-23(22(33)16-40)37-28-26-25(10-12-34-27(26)38-39-28)44-24-8-5-18(15-21(24)32)36-29(42)20-9-13-35-41(30(20)43)19-6-3-17(31)4-7-19/h3-10,12-13,15,22-23H,2,11,14,16H2,1H3,(H,36,42)(H2,34,37,38,39). The monoisotopic (exact) mass is 604 g/mol. The molecule has 11 nitrogen and oxygen atoms in total. The molecule has 6 rings (SSSR count). The van der Waals surface area contributed by atoms with E-state index in [-0.39, 0.29) is 28.4 Å². The summed E-state index contributed by atoms with van der Waals surface area (Å²) in [6.45, 7) is 3.83. The van der Waals surface area contributed by atoms with Gasteiger partial charge >= 0.3 is 0 Å². The predicted molar refractivity (Wildman–Crippen MR) is 157 cm³/mol. The number of ether oxygens (including phenoxy) is 1. The molecule has 3 aromatic heterocycles. The number of alkyl halides is 1. The Hall–Kier alpha value is -5.24. The van der Waals surface area contributed by atoms with Crippen LogP contribution in [-0.2, 0) is 0 Å². The van der Waals surface area contributed by atoms with E-state index in [1.807, 2.05) is 11.8 Å². The van der Waals surface area contributed by atoms with Gasteiger partial charge in [-0.3, -0.25) is 14.7 Å². The third kappa shape index (κ3) is 5.83. The van der Waals surface area contributed by atoms with Crippen molar-refractivity contribution < 1.29 is 22.7 Å². The van der Waals surface area contributed by atoms with E-state index in [2.05, 4.69) is 30.9 Å². The van der Waals surface area contributed by atoms with E-state index in [0.717, 1.165) is 23.8 Å². The molecule has 1 aliphatic rings. The van der Waals surface area contributed by atoms with Crippen LogP contribution >= 0.6 is 0 Å². The lowest BCUT2D eigenvalue weighted by Gasteiger charge is -2.34. The van der Waals surface area contributed by atoms with Crippen molar-refractivity contribution in [3.8, 4) is 17.2 Å². The van der Waals surface area contributed by atoms with Crippen molar-refractivity contribution in [1.82, 2.24) is 29.9 Å². The summed E-state index contributed by atoms with van der Waals surface area (Å²) in [5.74, 6) is -1.64. The van der Waals surface area contributed by atoms with Gasteiger partial charge < -0.3 is 20.3 Å². The highest BCUT2D eigenvalue weighted by Crippen LogP contribution is 2.35. The molecule has 14 heteroatoms. The van der Waals surface area contributed by atoms with E-state index in [1.54, 1.807) is 6.07 Å². The van der Waals surface area contributed by atoms with Gasteiger partial charge in [0.1, 0.15) is 28.7 Å². The molecule has 1 saturated heterocycles. The van der Waals surface area contributed by atoms with Crippen molar-refractivity contribution in [2.75, 3.05) is 30.3 Å². The van der Waals surface area contributed by atoms with E-state index >= 15 is 4.39 Å². The highest BCUT2D eigenvalue weighted by molar-refractivity contribution is 6.04. The number of rotatable bonds is 8. The predicted octanol–water partition coefficient (Wildman–Crippen LogP) is 4.67. The van der Waals surface area contributed by atoms with Crippen LogP contribution in [0.3, 0.4) is 0 Å². The van der Waals surface area contributed by atoms with Crippen LogP contribution in [-0.4, -0.2) is 67.6 Å². The summed E-state index contributed by atoms with van der Waals surface area (Å²) < 4.78 is 50.2. The van der Waals surface area contributed by atoms with Crippen molar-refractivity contribution in [1.29, 1.82) is 0 Å². The molecule has 0 spiro atoms. The fourth-order valence-corrected chi connectivity index (χ4v) is 5.03. The number of hydrogen-bond donors (Lipinski definition) is 3. The Labute approximate surface area is 248 Å². The highest BCUT2D eigenvalue weighted by Gasteiger charge is 2.30. The van der Waals surface area contributed by atoms with E-state index in [9.17, 15) is 18.4 Å². The molecular weight excluding hydrogens is 577 g/mol. The van der Waals surface area contributed by atoms with Gasteiger partial charge in [-0.15, -0.1) is 0 Å². The van der Waals surface area contributed by atoms with Crippen molar-refractivity contribution >= 4 is 28.4 Å². The quantitative estimate of drug-likeness (QED) is 0.233. The van der Waals surface area contributed by atoms with Crippen LogP contribution in [0, 0.1) is 11.6 Å². The molecule has 1 amide bonds. The Balaban J connectivity index is 1.19. The summed E-state index contributed by atoms with van der Waals surface area (Å²) in [5, 5.41) is 17.1. The minimum atomic E-state index is -1.10. The van der Waals surface area contributed by atoms with Gasteiger partial charge in [-0.05, 0) is 55.4 Å². The van der Waals surface area contributed by atoms with E-state index in [0.29, 0.717) is 29.8 Å². The van der Waals surface area contributed by atoms with Crippen LogP contribution in [0.15, 0.2) is 71.8 Å². The number of amides is 1. The summed E-state index contributed by atoms with van der Waals surface area (Å²) in [5.41, 5.74) is -0.272. The summed E-state index contributed by atoms with van der Waals surface area (Å²) in [6.07, 6.45) is 2.21. The minimum Gasteiger partial charge on any atom is -0.453 e. The van der Waals surface area contributed by atoms with E-state index in [1.165, 1.54) is 54.9 Å². The number of aromatic nitrogens is 5. The molecular formula is C30H27F3N8O3. The van der Waals surface area contributed by atoms with Crippen molar-refractivity contribution in [3.63, 3.8) is 0 Å². The number of piperidine rings is 1. The van der Waals surface area contributed by atoms with Crippen LogP contribution in [0.5, 0.6) is 11.5 Å². The fraction of sp³-hybridized carbons (Fsp3) is 0.233. The molecule has 1 aliphatic heterocycles. The second kappa shape index (κ2) is 12.2. The van der Waals surface area contributed by atoms with Crippen LogP contribution in [0.4, 0.5) is 24.7 Å². The smallest absolute Gasteiger partial charge is 0.284 e. The lowest BCUT2D eigenvalue weighted by molar-refractivity contribution is 0.102. The number of nitrogens with one attached hydrogen (secondary N) is 3. The van der Waals surface area contributed by atoms with Crippen molar-refractivity contribution in [2.24, 2.45) is 0 Å². The van der Waals surface area contributed by atoms with E-state index < -0.39 is 35.3 Å². The molecule has 0 radical (unpaired) electrons. The van der Waals surface area contributed by atoms with Gasteiger partial charge in [0.15, 0.2) is 23.0 Å². The van der Waals surface area contributed by atoms with Gasteiger partial charge in [-0.2, -0.15) is 14.9 Å². The molecule has 226 valence electrons. The molecule has 44 heavy (non-hydrogen) atoms. The van der Waals surface area contributed by atoms with Gasteiger partial charge in [-0.1, -0.05) is 6.92 Å². The number of benzene rings is 2. The third-order valence-electron chi connectivity index (χ3n) is 7.39. The lowest BCUT2D eigenvalue weighted by Crippen LogP contribution is -2.47. The Morgan fingerprint density at radius 2 is 1.91 bits per heavy atom. The molecule has 2 unspecified atom stereocenters. The lowest BCUT2D eigenvalue weighted by atomic mass is 10.0. The van der Waals surface area contributed by atoms with Gasteiger partial charge in [0.05, 0.1) is 11.7 Å². The first-order valence-corrected chi connectivity index (χ1v) is 13.9. The van der Waals surface area contributed by atoms with Crippen LogP contribution in [0.25, 0.3) is 16.7 Å². The van der Waals surface area contributed by atoms with Gasteiger partial charge in [0.25, 0.3) is 11.5 Å². The zero-order valence-electron chi connectivity index (χ0n) is 23.4. The second-order valence-electron chi connectivity index (χ2n) is 10.2. The Morgan fingerprint density at radius 1 is 1.09 bits per heavy atom. The first-order chi connectivity index (χ1) is 21.3. The zero-order valence-corrected chi connectivity index (χ0v) is 23.4. The number of halogens is 3. The van der Waals surface area contributed by atoms with Crippen LogP contribution in [0.1, 0.15) is 23.7 Å². The van der Waals surface area contributed by atoms with Gasteiger partial charge in [0, 0.05) is 43.3 Å². The SMILES string of the molecule is CCN1CCC(Nc2n[nH]c3nccc(Oc4ccc(NC(=O)c5ccnn(-c6ccc(F)cc6)c5=O)cc4F)c23)C(F)C1. The van der Waals surface area contributed by atoms with E-state index in [4.69, 9.17) is 4.74 Å². The zero-order chi connectivity index (χ0) is 30.8. The number of likely N-dealkylation sites (tertiary alicyclic amines) is 1. The third-order valence-corrected chi connectivity index (χ3v) is 7.39. The summed E-state index contributed by atoms with van der Waals surface area (Å²) in [4.78, 5) is 32.1. The number of fused-ring (bicyclic) bond motifs is 1. The Bertz CT molecular complexity index is 1880. The number of nitrogens with zero attached hydrogens (tertiary/aromatic N) is 5. The molecule has 2 atom stereocenters. The number of carbonyl (C=O) groups is 1. The number of H-pyrrole nitrogens is 1. The largest absolute Gasteiger partial charge is 0.453 e. The number of aromatic amines is 1. The van der Waals surface area contributed by atoms with Crippen molar-refractivity contribution in [3.05, 3.63) is 94.5 Å². The molecule has 3 N–H and O–H groups in total. The Morgan fingerprint density at radius 3 is 2.66 bits per heavy atom. The summed E-state index contributed by atoms with van der Waals surface area (Å²) in [7, 11) is 0. The molecule has 4 heterocycles. The minimum absolute atomic E-state index is 0.0716. The topological polar surface area (TPSA) is 130 Å². The maximum atomic E-state index is 15.2. The fourth-order valence-electron chi connectivity index (χ4n) is 5.03. The number of anilines is 2. The van der Waals surface area contributed by atoms with Crippen LogP contribution in [0.2, 0.25) is 0 Å². The number of hydrogen-bond acceptors (Lipinski definition) is 8. The van der Waals surface area contributed by atoms with Gasteiger partial charge in [0.2, 0.25) is 0 Å². The highest BCUT2D eigenvalue weighted by atomic mass is 19.1. The molecule has 1 fully saturated rings. The molecule has 5 aromatic rings. The van der Waals surface area contributed by atoms with Crippen LogP contribution < -0.4 is 20.9 Å². The summed E-state index contributed by atoms with van der Waals surface area (Å²) in [6, 6.07) is 11.1. The summed E-state index contributed by atoms with van der Waals surface area (Å²) >= 11 is 0. The van der Waals surface area contributed by atoms with Crippen molar-refractivity contribution in [2.45, 2.75) is 25.6 Å². The number of pyridine rings is 1. The van der Waals surface area contributed by atoms with Gasteiger partial charge in [-0.25, -0.2) is 18.2 Å². The first-order valence-electron chi connectivity index (χ1n) is 13.9. The maximum absolute atomic E-state index is 15.2. The number of carbonyl (C=O) groups excluding carboxylic acids is 1. The average Bonchev–Trinajstić information content (AvgIpc) is 3.43. The molecule has 0 saturated carbocycles. The molecule has 0 bridgehead atoms. The first kappa shape index (κ1) is 28.9. The molecule has 2 aromatic carbocycles. The maximum Gasteiger partial charge on any atom is 0.284 e.